The summed E-state index contributed by atoms with van der Waals surface area (Å²) in [6.45, 7) is 2.49. The molecule has 1 N–H and O–H groups in total. The van der Waals surface area contributed by atoms with Crippen molar-refractivity contribution in [3.8, 4) is 11.5 Å². The van der Waals surface area contributed by atoms with Crippen molar-refractivity contribution in [2.24, 2.45) is 0 Å². The number of hydrogen-bond donors (Lipinski definition) is 1. The summed E-state index contributed by atoms with van der Waals surface area (Å²) in [5.74, 6) is 0.711. The molecule has 1 aliphatic rings. The monoisotopic (exact) mass is 415 g/mol. The summed E-state index contributed by atoms with van der Waals surface area (Å²) in [5, 5.41) is 2.69. The molecular formula is C22H26FN3O4. The van der Waals surface area contributed by atoms with Gasteiger partial charge in [-0.2, -0.15) is 0 Å². The summed E-state index contributed by atoms with van der Waals surface area (Å²) >= 11 is 0. The number of nitrogens with zero attached hydrogens (tertiary/aromatic N) is 2. The molecule has 30 heavy (non-hydrogen) atoms. The number of nitrogens with one attached hydrogen (secondary N) is 1. The lowest BCUT2D eigenvalue weighted by atomic mass is 10.1. The molecule has 0 aliphatic carbocycles. The molecule has 7 nitrogen and oxygen atoms in total. The van der Waals surface area contributed by atoms with E-state index >= 15 is 0 Å². The zero-order valence-corrected chi connectivity index (χ0v) is 17.2. The lowest BCUT2D eigenvalue weighted by Gasteiger charge is -2.34. The van der Waals surface area contributed by atoms with Crippen LogP contribution in [-0.2, 0) is 16.0 Å². The molecule has 3 rings (SSSR count). The summed E-state index contributed by atoms with van der Waals surface area (Å²) in [4.78, 5) is 28.7. The van der Waals surface area contributed by atoms with Gasteiger partial charge in [0.15, 0.2) is 0 Å². The third-order valence-corrected chi connectivity index (χ3v) is 5.04. The first-order valence-electron chi connectivity index (χ1n) is 9.75. The number of piperazine rings is 1. The first-order chi connectivity index (χ1) is 14.5. The quantitative estimate of drug-likeness (QED) is 0.751. The molecular weight excluding hydrogens is 389 g/mol. The first kappa shape index (κ1) is 21.6. The van der Waals surface area contributed by atoms with Gasteiger partial charge in [-0.3, -0.25) is 14.5 Å². The van der Waals surface area contributed by atoms with Crippen molar-refractivity contribution < 1.29 is 23.5 Å². The van der Waals surface area contributed by atoms with Crippen LogP contribution in [-0.4, -0.2) is 68.6 Å². The molecule has 0 atom stereocenters. The summed E-state index contributed by atoms with van der Waals surface area (Å²) in [6, 6.07) is 11.2. The van der Waals surface area contributed by atoms with E-state index in [1.54, 1.807) is 43.4 Å². The number of ether oxygens (including phenoxy) is 2. The number of anilines is 1. The zero-order valence-electron chi connectivity index (χ0n) is 17.2. The summed E-state index contributed by atoms with van der Waals surface area (Å²) in [7, 11) is 3.15. The molecule has 1 heterocycles. The Balaban J connectivity index is 1.48. The van der Waals surface area contributed by atoms with Crippen LogP contribution in [0, 0.1) is 5.82 Å². The highest BCUT2D eigenvalue weighted by Crippen LogP contribution is 2.25. The van der Waals surface area contributed by atoms with Gasteiger partial charge in [-0.1, -0.05) is 12.1 Å². The fourth-order valence-electron chi connectivity index (χ4n) is 3.40. The van der Waals surface area contributed by atoms with Crippen molar-refractivity contribution in [3.05, 3.63) is 53.8 Å². The Bertz CT molecular complexity index is 898. The SMILES string of the molecule is COc1ccc(CC(=O)N2CCN(CC(=O)Nc3cccc(F)c3)CC2)c(OC)c1. The average molecular weight is 415 g/mol. The molecule has 1 saturated heterocycles. The molecule has 160 valence electrons. The van der Waals surface area contributed by atoms with E-state index in [4.69, 9.17) is 9.47 Å². The number of halogens is 1. The molecule has 0 unspecified atom stereocenters. The molecule has 0 radical (unpaired) electrons. The number of carbonyl (C=O) groups excluding carboxylic acids is 2. The highest BCUT2D eigenvalue weighted by molar-refractivity contribution is 5.92. The summed E-state index contributed by atoms with van der Waals surface area (Å²) in [6.07, 6.45) is 0.243. The number of hydrogen-bond acceptors (Lipinski definition) is 5. The van der Waals surface area contributed by atoms with Gasteiger partial charge in [-0.15, -0.1) is 0 Å². The van der Waals surface area contributed by atoms with E-state index in [0.29, 0.717) is 43.4 Å². The van der Waals surface area contributed by atoms with E-state index in [1.165, 1.54) is 12.1 Å². The predicted octanol–water partition coefficient (Wildman–Crippen LogP) is 2.17. The van der Waals surface area contributed by atoms with Gasteiger partial charge in [0.1, 0.15) is 17.3 Å². The minimum Gasteiger partial charge on any atom is -0.497 e. The van der Waals surface area contributed by atoms with Gasteiger partial charge in [-0.05, 0) is 24.3 Å². The third-order valence-electron chi connectivity index (χ3n) is 5.04. The van der Waals surface area contributed by atoms with E-state index in [1.807, 2.05) is 11.0 Å². The summed E-state index contributed by atoms with van der Waals surface area (Å²) < 4.78 is 23.8. The minimum atomic E-state index is -0.395. The Kier molecular flexibility index (Phi) is 7.24. The van der Waals surface area contributed by atoms with E-state index in [-0.39, 0.29) is 24.8 Å². The lowest BCUT2D eigenvalue weighted by molar-refractivity contribution is -0.132. The van der Waals surface area contributed by atoms with Crippen LogP contribution in [0.3, 0.4) is 0 Å². The van der Waals surface area contributed by atoms with Gasteiger partial charge >= 0.3 is 0 Å². The smallest absolute Gasteiger partial charge is 0.238 e. The maximum Gasteiger partial charge on any atom is 0.238 e. The van der Waals surface area contributed by atoms with Crippen LogP contribution in [0.2, 0.25) is 0 Å². The van der Waals surface area contributed by atoms with Gasteiger partial charge in [-0.25, -0.2) is 4.39 Å². The van der Waals surface area contributed by atoms with Gasteiger partial charge in [0, 0.05) is 43.5 Å². The lowest BCUT2D eigenvalue weighted by Crippen LogP contribution is -2.50. The first-order valence-corrected chi connectivity index (χ1v) is 9.75. The molecule has 0 bridgehead atoms. The van der Waals surface area contributed by atoms with Crippen LogP contribution in [0.4, 0.5) is 10.1 Å². The average Bonchev–Trinajstić information content (AvgIpc) is 2.74. The Hall–Kier alpha value is -3.13. The van der Waals surface area contributed by atoms with Gasteiger partial charge in [0.05, 0.1) is 27.2 Å². The molecule has 2 aromatic rings. The molecule has 1 aliphatic heterocycles. The second kappa shape index (κ2) is 10.1. The number of carbonyl (C=O) groups is 2. The Morgan fingerprint density at radius 2 is 1.80 bits per heavy atom. The number of methoxy groups -OCH3 is 2. The van der Waals surface area contributed by atoms with Crippen LogP contribution < -0.4 is 14.8 Å². The molecule has 0 saturated carbocycles. The molecule has 2 aromatic carbocycles. The molecule has 2 amide bonds. The Labute approximate surface area is 175 Å². The number of amides is 2. The van der Waals surface area contributed by atoms with Crippen molar-refractivity contribution in [1.82, 2.24) is 9.80 Å². The Morgan fingerprint density at radius 1 is 1.03 bits per heavy atom. The largest absolute Gasteiger partial charge is 0.497 e. The fraction of sp³-hybridized carbons (Fsp3) is 0.364. The van der Waals surface area contributed by atoms with E-state index in [9.17, 15) is 14.0 Å². The van der Waals surface area contributed by atoms with Crippen molar-refractivity contribution in [3.63, 3.8) is 0 Å². The third kappa shape index (κ3) is 5.70. The highest BCUT2D eigenvalue weighted by atomic mass is 19.1. The van der Waals surface area contributed by atoms with Gasteiger partial charge in [0.2, 0.25) is 11.8 Å². The van der Waals surface area contributed by atoms with E-state index < -0.39 is 5.82 Å². The maximum atomic E-state index is 13.2. The fourth-order valence-corrected chi connectivity index (χ4v) is 3.40. The van der Waals surface area contributed by atoms with E-state index in [0.717, 1.165) is 5.56 Å². The number of benzene rings is 2. The van der Waals surface area contributed by atoms with Crippen LogP contribution in [0.5, 0.6) is 11.5 Å². The highest BCUT2D eigenvalue weighted by Gasteiger charge is 2.23. The van der Waals surface area contributed by atoms with Crippen molar-refractivity contribution in [2.45, 2.75) is 6.42 Å². The Morgan fingerprint density at radius 3 is 2.47 bits per heavy atom. The number of rotatable bonds is 7. The standard InChI is InChI=1S/C22H26FN3O4/c1-29-19-7-6-16(20(14-19)30-2)12-22(28)26-10-8-25(9-11-26)15-21(27)24-18-5-3-4-17(23)13-18/h3-7,13-14H,8-12,15H2,1-2H3,(H,24,27). The second-order valence-electron chi connectivity index (χ2n) is 7.07. The van der Waals surface area contributed by atoms with Crippen LogP contribution in [0.25, 0.3) is 0 Å². The molecule has 8 heteroatoms. The second-order valence-corrected chi connectivity index (χ2v) is 7.07. The van der Waals surface area contributed by atoms with E-state index in [2.05, 4.69) is 5.32 Å². The van der Waals surface area contributed by atoms with Gasteiger partial charge in [0.25, 0.3) is 0 Å². The molecule has 0 aromatic heterocycles. The van der Waals surface area contributed by atoms with Crippen LogP contribution >= 0.6 is 0 Å². The van der Waals surface area contributed by atoms with Gasteiger partial charge < -0.3 is 19.7 Å². The zero-order chi connectivity index (χ0) is 21.5. The van der Waals surface area contributed by atoms with Crippen molar-refractivity contribution >= 4 is 17.5 Å². The van der Waals surface area contributed by atoms with Crippen LogP contribution in [0.1, 0.15) is 5.56 Å². The maximum absolute atomic E-state index is 13.2. The predicted molar refractivity (Wildman–Crippen MR) is 111 cm³/mol. The van der Waals surface area contributed by atoms with Crippen LogP contribution in [0.15, 0.2) is 42.5 Å². The minimum absolute atomic E-state index is 0.0160. The van der Waals surface area contributed by atoms with Crippen molar-refractivity contribution in [1.29, 1.82) is 0 Å². The summed E-state index contributed by atoms with van der Waals surface area (Å²) in [5.41, 5.74) is 1.24. The normalized spacial score (nSPS) is 14.3. The molecule has 1 fully saturated rings. The van der Waals surface area contributed by atoms with Crippen molar-refractivity contribution in [2.75, 3.05) is 52.3 Å². The molecule has 0 spiro atoms. The topological polar surface area (TPSA) is 71.1 Å².